The number of halogens is 5. The van der Waals surface area contributed by atoms with Gasteiger partial charge in [-0.05, 0) is 18.9 Å². The molecule has 0 amide bonds. The Hall–Kier alpha value is -2.33. The van der Waals surface area contributed by atoms with Crippen LogP contribution in [0.4, 0.5) is 23.2 Å². The number of nitrogens with zero attached hydrogens (tertiary/aromatic N) is 2. The number of nitrogens with two attached hydrogens (primary N) is 1. The molecule has 0 bridgehead atoms. The molecular weight excluding hydrogens is 418 g/mol. The van der Waals surface area contributed by atoms with Crippen LogP contribution >= 0.6 is 12.4 Å². The highest BCUT2D eigenvalue weighted by atomic mass is 35.5. The molecule has 11 heteroatoms. The van der Waals surface area contributed by atoms with Gasteiger partial charge in [0, 0.05) is 25.3 Å². The second-order valence-electron chi connectivity index (χ2n) is 7.31. The molecule has 2 aromatic rings. The number of carbonyl (C=O) groups is 1. The third kappa shape index (κ3) is 3.33. The molecule has 158 valence electrons. The van der Waals surface area contributed by atoms with Gasteiger partial charge in [0.2, 0.25) is 5.43 Å². The van der Waals surface area contributed by atoms with E-state index in [-0.39, 0.29) is 37.1 Å². The van der Waals surface area contributed by atoms with Gasteiger partial charge in [0.25, 0.3) is 5.92 Å². The zero-order valence-electron chi connectivity index (χ0n) is 15.0. The van der Waals surface area contributed by atoms with Crippen LogP contribution in [0.3, 0.4) is 0 Å². The number of carboxylic acid groups (broad SMARTS) is 1. The number of benzene rings is 1. The topological polar surface area (TPSA) is 88.6 Å². The first-order valence-corrected chi connectivity index (χ1v) is 8.78. The number of alkyl halides is 2. The quantitative estimate of drug-likeness (QED) is 0.721. The summed E-state index contributed by atoms with van der Waals surface area (Å²) in [4.78, 5) is 24.7. The minimum atomic E-state index is -3.20. The number of hydrogen-bond donors (Lipinski definition) is 2. The molecule has 6 nitrogen and oxygen atoms in total. The van der Waals surface area contributed by atoms with Crippen molar-refractivity contribution in [1.29, 1.82) is 0 Å². The van der Waals surface area contributed by atoms with Gasteiger partial charge < -0.3 is 20.3 Å². The highest BCUT2D eigenvalue weighted by molar-refractivity contribution is 5.94. The Morgan fingerprint density at radius 1 is 1.31 bits per heavy atom. The molecule has 1 atom stereocenters. The predicted molar refractivity (Wildman–Crippen MR) is 100 cm³/mol. The molecule has 2 fully saturated rings. The van der Waals surface area contributed by atoms with Gasteiger partial charge in [-0.25, -0.2) is 22.4 Å². The number of hydrogen-bond acceptors (Lipinski definition) is 4. The second kappa shape index (κ2) is 7.17. The van der Waals surface area contributed by atoms with E-state index in [0.717, 1.165) is 17.2 Å². The van der Waals surface area contributed by atoms with E-state index in [1.165, 1.54) is 4.57 Å². The number of anilines is 1. The molecule has 0 radical (unpaired) electrons. The van der Waals surface area contributed by atoms with E-state index in [2.05, 4.69) is 0 Å². The molecule has 1 saturated heterocycles. The first kappa shape index (κ1) is 21.4. The fourth-order valence-corrected chi connectivity index (χ4v) is 3.78. The van der Waals surface area contributed by atoms with Gasteiger partial charge in [0.15, 0.2) is 5.82 Å². The summed E-state index contributed by atoms with van der Waals surface area (Å²) < 4.78 is 59.5. The normalized spacial score (nSPS) is 20.7. The van der Waals surface area contributed by atoms with E-state index in [1.54, 1.807) is 0 Å². The van der Waals surface area contributed by atoms with E-state index in [9.17, 15) is 27.9 Å². The number of fused-ring (bicyclic) bond motifs is 1. The van der Waals surface area contributed by atoms with Crippen LogP contribution in [0.25, 0.3) is 10.9 Å². The Balaban J connectivity index is 0.00000240. The Kier molecular flexibility index (Phi) is 5.29. The van der Waals surface area contributed by atoms with Gasteiger partial charge in [-0.3, -0.25) is 4.79 Å². The van der Waals surface area contributed by atoms with Gasteiger partial charge in [0.05, 0.1) is 23.4 Å². The largest absolute Gasteiger partial charge is 0.477 e. The maximum atomic E-state index is 15.4. The Bertz CT molecular complexity index is 1060. The highest BCUT2D eigenvalue weighted by Crippen LogP contribution is 2.42. The van der Waals surface area contributed by atoms with Crippen molar-refractivity contribution in [1.82, 2.24) is 4.57 Å². The van der Waals surface area contributed by atoms with Gasteiger partial charge in [0.1, 0.15) is 17.1 Å². The molecule has 2 aliphatic rings. The Morgan fingerprint density at radius 2 is 1.97 bits per heavy atom. The number of carboxylic acids is 1. The van der Waals surface area contributed by atoms with E-state index in [1.807, 2.05) is 0 Å². The van der Waals surface area contributed by atoms with E-state index >= 15 is 4.39 Å². The average molecular weight is 436 g/mol. The molecule has 1 aromatic heterocycles. The van der Waals surface area contributed by atoms with Crippen LogP contribution in [-0.2, 0) is 0 Å². The van der Waals surface area contributed by atoms with Crippen molar-refractivity contribution < 1.29 is 27.5 Å². The van der Waals surface area contributed by atoms with E-state index < -0.39 is 58.1 Å². The van der Waals surface area contributed by atoms with Crippen LogP contribution in [0.2, 0.25) is 0 Å². The smallest absolute Gasteiger partial charge is 0.341 e. The first-order valence-electron chi connectivity index (χ1n) is 8.78. The van der Waals surface area contributed by atoms with Gasteiger partial charge >= 0.3 is 5.97 Å². The second-order valence-corrected chi connectivity index (χ2v) is 7.31. The lowest BCUT2D eigenvalue weighted by molar-refractivity contribution is -0.0171. The van der Waals surface area contributed by atoms with Crippen molar-refractivity contribution in [3.63, 3.8) is 0 Å². The van der Waals surface area contributed by atoms with Gasteiger partial charge in [-0.15, -0.1) is 12.4 Å². The molecule has 29 heavy (non-hydrogen) atoms. The van der Waals surface area contributed by atoms with E-state index in [0.29, 0.717) is 12.8 Å². The summed E-state index contributed by atoms with van der Waals surface area (Å²) >= 11 is 0. The van der Waals surface area contributed by atoms with Crippen LogP contribution in [0.15, 0.2) is 17.1 Å². The lowest BCUT2D eigenvalue weighted by Crippen LogP contribution is -2.32. The van der Waals surface area contributed by atoms with Crippen LogP contribution in [0, 0.1) is 17.6 Å². The third-order valence-electron chi connectivity index (χ3n) is 5.39. The van der Waals surface area contributed by atoms with Crippen LogP contribution in [0.5, 0.6) is 0 Å². The molecule has 1 aliphatic heterocycles. The molecule has 1 unspecified atom stereocenters. The summed E-state index contributed by atoms with van der Waals surface area (Å²) in [6.45, 7) is -1.56. The van der Waals surface area contributed by atoms with Crippen molar-refractivity contribution in [3.05, 3.63) is 39.7 Å². The highest BCUT2D eigenvalue weighted by Gasteiger charge is 2.48. The molecule has 4 rings (SSSR count). The van der Waals surface area contributed by atoms with Gasteiger partial charge in [-0.2, -0.15) is 0 Å². The maximum absolute atomic E-state index is 15.4. The molecular formula is C18H18ClF4N3O3. The summed E-state index contributed by atoms with van der Waals surface area (Å²) in [6.07, 6.45) is 2.32. The predicted octanol–water partition coefficient (Wildman–Crippen LogP) is 2.76. The van der Waals surface area contributed by atoms with Crippen LogP contribution < -0.4 is 16.1 Å². The van der Waals surface area contributed by atoms with Gasteiger partial charge in [-0.1, -0.05) is 0 Å². The fourth-order valence-electron chi connectivity index (χ4n) is 3.78. The molecule has 2 heterocycles. The van der Waals surface area contributed by atoms with Crippen LogP contribution in [-0.4, -0.2) is 41.2 Å². The first-order chi connectivity index (χ1) is 13.2. The van der Waals surface area contributed by atoms with Crippen molar-refractivity contribution in [2.45, 2.75) is 24.8 Å². The lowest BCUT2D eigenvalue weighted by atomic mass is 10.1. The zero-order chi connectivity index (χ0) is 20.4. The van der Waals surface area contributed by atoms with Crippen molar-refractivity contribution in [3.8, 4) is 0 Å². The Labute approximate surface area is 168 Å². The lowest BCUT2D eigenvalue weighted by Gasteiger charge is -2.22. The molecule has 3 N–H and O–H groups in total. The number of rotatable bonds is 4. The maximum Gasteiger partial charge on any atom is 0.341 e. The third-order valence-corrected chi connectivity index (χ3v) is 5.39. The Morgan fingerprint density at radius 3 is 2.48 bits per heavy atom. The van der Waals surface area contributed by atoms with Crippen molar-refractivity contribution in [2.75, 3.05) is 24.5 Å². The molecule has 1 aromatic carbocycles. The number of pyridine rings is 1. The summed E-state index contributed by atoms with van der Waals surface area (Å²) in [5.74, 6) is -8.30. The number of aromatic carboxylic acids is 1. The van der Waals surface area contributed by atoms with E-state index in [4.69, 9.17) is 5.73 Å². The molecule has 1 aliphatic carbocycles. The molecule has 0 spiro atoms. The van der Waals surface area contributed by atoms with Crippen molar-refractivity contribution in [2.24, 2.45) is 11.7 Å². The number of aromatic nitrogens is 1. The summed E-state index contributed by atoms with van der Waals surface area (Å²) in [5, 5.41) is 8.80. The standard InChI is InChI=1S/C18H17F4N3O3.ClH/c19-12-3-10-14(25(9-1-2-9)6-11(16(10)26)17(27)28)13(20)15(12)24-5-8(4-23)18(21,22)7-24;/h3,6,8-9H,1-2,4-5,7,23H2,(H,27,28);1H. The summed E-state index contributed by atoms with van der Waals surface area (Å²) in [6, 6.07) is 0.501. The minimum Gasteiger partial charge on any atom is -0.477 e. The van der Waals surface area contributed by atoms with Crippen molar-refractivity contribution >= 4 is 35.0 Å². The fraction of sp³-hybridized carbons (Fsp3) is 0.444. The zero-order valence-corrected chi connectivity index (χ0v) is 15.8. The monoisotopic (exact) mass is 435 g/mol. The SMILES string of the molecule is Cl.NCC1CN(c2c(F)cc3c(=O)c(C(=O)O)cn(C4CC4)c3c2F)CC1(F)F. The minimum absolute atomic E-state index is 0. The van der Waals surface area contributed by atoms with Crippen LogP contribution in [0.1, 0.15) is 29.2 Å². The molecule has 1 saturated carbocycles. The summed E-state index contributed by atoms with van der Waals surface area (Å²) in [5.41, 5.74) is 2.82. The average Bonchev–Trinajstić information content (AvgIpc) is 3.39. The summed E-state index contributed by atoms with van der Waals surface area (Å²) in [7, 11) is 0.